The van der Waals surface area contributed by atoms with Crippen LogP contribution in [0, 0.1) is 5.92 Å². The predicted octanol–water partition coefficient (Wildman–Crippen LogP) is 2.70. The van der Waals surface area contributed by atoms with Crippen molar-refractivity contribution in [3.8, 4) is 17.0 Å². The smallest absolute Gasteiger partial charge is 0.115 e. The van der Waals surface area contributed by atoms with Crippen LogP contribution in [-0.4, -0.2) is 20.1 Å². The summed E-state index contributed by atoms with van der Waals surface area (Å²) in [7, 11) is 0. The molecule has 1 aromatic heterocycles. The molecule has 4 nitrogen and oxygen atoms in total. The first-order valence-corrected chi connectivity index (χ1v) is 5.88. The summed E-state index contributed by atoms with van der Waals surface area (Å²) in [4.78, 5) is 0. The van der Waals surface area contributed by atoms with Crippen LogP contribution in [0.1, 0.15) is 20.3 Å². The molecule has 17 heavy (non-hydrogen) atoms. The summed E-state index contributed by atoms with van der Waals surface area (Å²) in [6.07, 6.45) is 3.08. The van der Waals surface area contributed by atoms with E-state index in [-0.39, 0.29) is 5.75 Å². The summed E-state index contributed by atoms with van der Waals surface area (Å²) in [5.41, 5.74) is 1.81. The summed E-state index contributed by atoms with van der Waals surface area (Å²) >= 11 is 0. The molecular formula is C13H17N3O. The molecule has 4 heteroatoms. The summed E-state index contributed by atoms with van der Waals surface area (Å²) in [6, 6.07) is 6.99. The average molecular weight is 231 g/mol. The van der Waals surface area contributed by atoms with Crippen LogP contribution in [0.3, 0.4) is 0 Å². The van der Waals surface area contributed by atoms with Gasteiger partial charge >= 0.3 is 0 Å². The van der Waals surface area contributed by atoms with Gasteiger partial charge in [-0.05, 0) is 30.2 Å². The molecule has 0 amide bonds. The lowest BCUT2D eigenvalue weighted by molar-refractivity contribution is 0.431. The van der Waals surface area contributed by atoms with Gasteiger partial charge in [-0.3, -0.25) is 4.68 Å². The first kappa shape index (κ1) is 11.6. The topological polar surface area (TPSA) is 50.9 Å². The van der Waals surface area contributed by atoms with Crippen molar-refractivity contribution in [3.05, 3.63) is 30.5 Å². The van der Waals surface area contributed by atoms with Crippen LogP contribution in [0.4, 0.5) is 0 Å². The molecule has 1 aromatic carbocycles. The highest BCUT2D eigenvalue weighted by Gasteiger charge is 2.06. The number of hydrogen-bond donors (Lipinski definition) is 1. The predicted molar refractivity (Wildman–Crippen MR) is 66.6 cm³/mol. The molecule has 1 heterocycles. The number of nitrogens with zero attached hydrogens (tertiary/aromatic N) is 3. The highest BCUT2D eigenvalue weighted by Crippen LogP contribution is 2.19. The van der Waals surface area contributed by atoms with Crippen LogP contribution >= 0.6 is 0 Å². The number of hydrogen-bond acceptors (Lipinski definition) is 3. The number of aromatic nitrogens is 3. The zero-order valence-electron chi connectivity index (χ0n) is 10.2. The van der Waals surface area contributed by atoms with Gasteiger partial charge in [0.25, 0.3) is 0 Å². The Bertz CT molecular complexity index is 476. The third kappa shape index (κ3) is 2.84. The largest absolute Gasteiger partial charge is 0.508 e. The lowest BCUT2D eigenvalue weighted by Crippen LogP contribution is -2.06. The molecule has 0 aliphatic heterocycles. The second-order valence-electron chi connectivity index (χ2n) is 4.39. The van der Waals surface area contributed by atoms with E-state index in [1.807, 2.05) is 23.0 Å². The number of benzene rings is 1. The van der Waals surface area contributed by atoms with Gasteiger partial charge < -0.3 is 5.11 Å². The van der Waals surface area contributed by atoms with Gasteiger partial charge in [0.05, 0.1) is 6.20 Å². The maximum absolute atomic E-state index is 9.22. The maximum atomic E-state index is 9.22. The molecule has 0 aliphatic rings. The van der Waals surface area contributed by atoms with E-state index in [2.05, 4.69) is 24.2 Å². The van der Waals surface area contributed by atoms with Gasteiger partial charge in [-0.2, -0.15) is 0 Å². The van der Waals surface area contributed by atoms with Crippen LogP contribution < -0.4 is 0 Å². The monoisotopic (exact) mass is 231 g/mol. The molecule has 0 fully saturated rings. The van der Waals surface area contributed by atoms with Gasteiger partial charge in [0, 0.05) is 12.1 Å². The summed E-state index contributed by atoms with van der Waals surface area (Å²) < 4.78 is 1.87. The number of phenols is 1. The zero-order chi connectivity index (χ0) is 12.3. The minimum atomic E-state index is 0.265. The summed E-state index contributed by atoms with van der Waals surface area (Å²) in [6.45, 7) is 5.26. The molecule has 0 unspecified atom stereocenters. The summed E-state index contributed by atoms with van der Waals surface area (Å²) in [5, 5.41) is 17.5. The van der Waals surface area contributed by atoms with E-state index in [1.54, 1.807) is 12.1 Å². The first-order valence-electron chi connectivity index (χ1n) is 5.88. The Labute approximate surface area is 101 Å². The Balaban J connectivity index is 2.15. The Hall–Kier alpha value is -1.84. The molecule has 2 aromatic rings. The number of rotatable bonds is 4. The minimum Gasteiger partial charge on any atom is -0.508 e. The van der Waals surface area contributed by atoms with E-state index in [1.165, 1.54) is 0 Å². The fraction of sp³-hybridized carbons (Fsp3) is 0.385. The number of phenolic OH excluding ortho intramolecular Hbond substituents is 1. The molecule has 2 rings (SSSR count). The van der Waals surface area contributed by atoms with Gasteiger partial charge in [0.15, 0.2) is 0 Å². The molecular weight excluding hydrogens is 214 g/mol. The Morgan fingerprint density at radius 3 is 2.65 bits per heavy atom. The lowest BCUT2D eigenvalue weighted by atomic mass is 10.1. The van der Waals surface area contributed by atoms with Gasteiger partial charge in [0.2, 0.25) is 0 Å². The maximum Gasteiger partial charge on any atom is 0.115 e. The van der Waals surface area contributed by atoms with Gasteiger partial charge in [-0.25, -0.2) is 0 Å². The van der Waals surface area contributed by atoms with Crippen molar-refractivity contribution in [2.24, 2.45) is 5.92 Å². The molecule has 0 aliphatic carbocycles. The van der Waals surface area contributed by atoms with Gasteiger partial charge in [-0.15, -0.1) is 5.10 Å². The Kier molecular flexibility index (Phi) is 3.42. The minimum absolute atomic E-state index is 0.265. The second-order valence-corrected chi connectivity index (χ2v) is 4.39. The third-order valence-corrected chi connectivity index (χ3v) is 2.90. The second kappa shape index (κ2) is 4.99. The van der Waals surface area contributed by atoms with Crippen LogP contribution in [0.25, 0.3) is 11.3 Å². The molecule has 0 saturated heterocycles. The van der Waals surface area contributed by atoms with Crippen molar-refractivity contribution < 1.29 is 5.11 Å². The number of aromatic hydroxyl groups is 1. The zero-order valence-corrected chi connectivity index (χ0v) is 10.2. The fourth-order valence-electron chi connectivity index (χ4n) is 1.60. The third-order valence-electron chi connectivity index (χ3n) is 2.90. The van der Waals surface area contributed by atoms with Crippen molar-refractivity contribution in [3.63, 3.8) is 0 Å². The van der Waals surface area contributed by atoms with Crippen LogP contribution in [-0.2, 0) is 6.54 Å². The SMILES string of the molecule is CC[C@H](C)Cn1cc(-c2ccc(O)cc2)nn1. The van der Waals surface area contributed by atoms with E-state index in [0.717, 1.165) is 24.2 Å². The van der Waals surface area contributed by atoms with Crippen LogP contribution in [0.5, 0.6) is 5.75 Å². The van der Waals surface area contributed by atoms with E-state index in [4.69, 9.17) is 0 Å². The molecule has 0 bridgehead atoms. The van der Waals surface area contributed by atoms with Crippen molar-refractivity contribution in [2.45, 2.75) is 26.8 Å². The van der Waals surface area contributed by atoms with Gasteiger partial charge in [0.1, 0.15) is 11.4 Å². The first-order chi connectivity index (χ1) is 8.19. The Morgan fingerprint density at radius 2 is 2.00 bits per heavy atom. The van der Waals surface area contributed by atoms with E-state index >= 15 is 0 Å². The van der Waals surface area contributed by atoms with Crippen molar-refractivity contribution in [1.29, 1.82) is 0 Å². The molecule has 0 radical (unpaired) electrons. The van der Waals surface area contributed by atoms with Crippen molar-refractivity contribution in [1.82, 2.24) is 15.0 Å². The molecule has 0 saturated carbocycles. The van der Waals surface area contributed by atoms with Crippen LogP contribution in [0.15, 0.2) is 30.5 Å². The molecule has 0 spiro atoms. The average Bonchev–Trinajstić information content (AvgIpc) is 2.78. The summed E-state index contributed by atoms with van der Waals surface area (Å²) in [5.74, 6) is 0.866. The lowest BCUT2D eigenvalue weighted by Gasteiger charge is -2.06. The molecule has 90 valence electrons. The normalized spacial score (nSPS) is 12.6. The fourth-order valence-corrected chi connectivity index (χ4v) is 1.60. The van der Waals surface area contributed by atoms with E-state index in [0.29, 0.717) is 5.92 Å². The molecule has 1 atom stereocenters. The van der Waals surface area contributed by atoms with Gasteiger partial charge in [-0.1, -0.05) is 25.5 Å². The Morgan fingerprint density at radius 1 is 1.29 bits per heavy atom. The highest BCUT2D eigenvalue weighted by molar-refractivity contribution is 5.58. The van der Waals surface area contributed by atoms with Crippen molar-refractivity contribution in [2.75, 3.05) is 0 Å². The quantitative estimate of drug-likeness (QED) is 0.880. The standard InChI is InChI=1S/C13H17N3O/c1-3-10(2)8-16-9-13(14-15-16)11-4-6-12(17)7-5-11/h4-7,9-10,17H,3,8H2,1-2H3/t10-/m0/s1. The van der Waals surface area contributed by atoms with E-state index < -0.39 is 0 Å². The highest BCUT2D eigenvalue weighted by atomic mass is 16.3. The molecule has 1 N–H and O–H groups in total. The van der Waals surface area contributed by atoms with E-state index in [9.17, 15) is 5.11 Å². The van der Waals surface area contributed by atoms with Crippen LogP contribution in [0.2, 0.25) is 0 Å². The van der Waals surface area contributed by atoms with Crippen molar-refractivity contribution >= 4 is 0 Å².